The molecule has 0 aromatic heterocycles. The molecule has 0 saturated heterocycles. The van der Waals surface area contributed by atoms with E-state index in [2.05, 4.69) is 5.32 Å². The minimum Gasteiger partial charge on any atom is -0.480 e. The van der Waals surface area contributed by atoms with Gasteiger partial charge in [0.05, 0.1) is 18.6 Å². The van der Waals surface area contributed by atoms with Crippen LogP contribution < -0.4 is 5.32 Å². The van der Waals surface area contributed by atoms with Crippen LogP contribution in [0.25, 0.3) is 0 Å². The Hall–Kier alpha value is -1.88. The molecule has 1 rings (SSSR count). The van der Waals surface area contributed by atoms with Crippen molar-refractivity contribution in [3.05, 3.63) is 35.9 Å². The van der Waals surface area contributed by atoms with Crippen LogP contribution in [-0.4, -0.2) is 35.2 Å². The Morgan fingerprint density at radius 3 is 2.35 bits per heavy atom. The molecular weight excluding hydrogens is 258 g/mol. The third kappa shape index (κ3) is 6.33. The van der Waals surface area contributed by atoms with Crippen LogP contribution in [-0.2, 0) is 20.7 Å². The number of nitrogens with one attached hydrogen (secondary N) is 1. The van der Waals surface area contributed by atoms with E-state index in [9.17, 15) is 9.59 Å². The number of rotatable bonds is 6. The number of hydrogen-bond donors (Lipinski definition) is 2. The summed E-state index contributed by atoms with van der Waals surface area (Å²) in [7, 11) is 0. The van der Waals surface area contributed by atoms with Crippen molar-refractivity contribution in [2.45, 2.75) is 38.8 Å². The Morgan fingerprint density at radius 1 is 1.25 bits per heavy atom. The van der Waals surface area contributed by atoms with Crippen molar-refractivity contribution < 1.29 is 19.4 Å². The molecule has 20 heavy (non-hydrogen) atoms. The monoisotopic (exact) mass is 279 g/mol. The minimum absolute atomic E-state index is 0.0562. The second kappa shape index (κ2) is 7.05. The van der Waals surface area contributed by atoms with Gasteiger partial charge in [0.25, 0.3) is 0 Å². The van der Waals surface area contributed by atoms with Crippen molar-refractivity contribution >= 4 is 11.9 Å². The summed E-state index contributed by atoms with van der Waals surface area (Å²) in [6.07, 6.45) is 0.153. The molecule has 110 valence electrons. The Kier molecular flexibility index (Phi) is 5.70. The van der Waals surface area contributed by atoms with Crippen LogP contribution in [0.3, 0.4) is 0 Å². The molecule has 1 unspecified atom stereocenters. The fraction of sp³-hybridized carbons (Fsp3) is 0.467. The average molecular weight is 279 g/mol. The number of benzene rings is 1. The standard InChI is InChI=1S/C15H21NO4/c1-15(2,3)20-10-12(14(18)19)16-13(17)9-11-7-5-4-6-8-11/h4-8,12H,9-10H2,1-3H3,(H,16,17)(H,18,19). The van der Waals surface area contributed by atoms with Gasteiger partial charge in [0.15, 0.2) is 6.04 Å². The summed E-state index contributed by atoms with van der Waals surface area (Å²) in [5, 5.41) is 11.6. The molecule has 0 aliphatic carbocycles. The maximum atomic E-state index is 11.8. The van der Waals surface area contributed by atoms with Gasteiger partial charge in [-0.1, -0.05) is 30.3 Å². The maximum absolute atomic E-state index is 11.8. The van der Waals surface area contributed by atoms with Gasteiger partial charge in [-0.3, -0.25) is 4.79 Å². The van der Waals surface area contributed by atoms with Crippen molar-refractivity contribution in [1.29, 1.82) is 0 Å². The Labute approximate surface area is 118 Å². The lowest BCUT2D eigenvalue weighted by Crippen LogP contribution is -2.46. The van der Waals surface area contributed by atoms with Crippen molar-refractivity contribution in [3.63, 3.8) is 0 Å². The Balaban J connectivity index is 2.53. The molecule has 0 aliphatic rings. The highest BCUT2D eigenvalue weighted by molar-refractivity contribution is 5.84. The topological polar surface area (TPSA) is 75.6 Å². The van der Waals surface area contributed by atoms with Crippen LogP contribution >= 0.6 is 0 Å². The highest BCUT2D eigenvalue weighted by Crippen LogP contribution is 2.07. The van der Waals surface area contributed by atoms with E-state index in [0.29, 0.717) is 0 Å². The number of carboxylic acids is 1. The first-order valence-electron chi connectivity index (χ1n) is 6.48. The second-order valence-corrected chi connectivity index (χ2v) is 5.54. The highest BCUT2D eigenvalue weighted by Gasteiger charge is 2.23. The average Bonchev–Trinajstić information content (AvgIpc) is 2.34. The van der Waals surface area contributed by atoms with Crippen LogP contribution in [0.2, 0.25) is 0 Å². The first kappa shape index (κ1) is 16.2. The predicted molar refractivity (Wildman–Crippen MR) is 75.4 cm³/mol. The smallest absolute Gasteiger partial charge is 0.328 e. The van der Waals surface area contributed by atoms with E-state index in [1.54, 1.807) is 0 Å². The van der Waals surface area contributed by atoms with Gasteiger partial charge < -0.3 is 15.2 Å². The van der Waals surface area contributed by atoms with E-state index in [4.69, 9.17) is 9.84 Å². The van der Waals surface area contributed by atoms with Crippen LogP contribution in [0, 0.1) is 0 Å². The van der Waals surface area contributed by atoms with Gasteiger partial charge in [-0.2, -0.15) is 0 Å². The number of aliphatic carboxylic acids is 1. The van der Waals surface area contributed by atoms with Crippen molar-refractivity contribution in [2.75, 3.05) is 6.61 Å². The highest BCUT2D eigenvalue weighted by atomic mass is 16.5. The number of amides is 1. The molecular formula is C15H21NO4. The minimum atomic E-state index is -1.10. The summed E-state index contributed by atoms with van der Waals surface area (Å²) in [6, 6.07) is 8.13. The lowest BCUT2D eigenvalue weighted by atomic mass is 10.1. The van der Waals surface area contributed by atoms with Crippen LogP contribution in [0.4, 0.5) is 0 Å². The van der Waals surface area contributed by atoms with Gasteiger partial charge in [0.2, 0.25) is 5.91 Å². The zero-order chi connectivity index (χ0) is 15.2. The molecule has 1 amide bonds. The van der Waals surface area contributed by atoms with Crippen molar-refractivity contribution in [1.82, 2.24) is 5.32 Å². The SMILES string of the molecule is CC(C)(C)OCC(NC(=O)Cc1ccccc1)C(=O)O. The first-order valence-corrected chi connectivity index (χ1v) is 6.48. The quantitative estimate of drug-likeness (QED) is 0.829. The van der Waals surface area contributed by atoms with Crippen LogP contribution in [0.15, 0.2) is 30.3 Å². The molecule has 0 saturated carbocycles. The van der Waals surface area contributed by atoms with E-state index >= 15 is 0 Å². The van der Waals surface area contributed by atoms with Crippen molar-refractivity contribution in [2.24, 2.45) is 0 Å². The molecule has 0 aliphatic heterocycles. The third-order valence-corrected chi connectivity index (χ3v) is 2.52. The first-order chi connectivity index (χ1) is 9.28. The molecule has 0 radical (unpaired) electrons. The molecule has 0 fully saturated rings. The summed E-state index contributed by atoms with van der Waals surface area (Å²) in [5.41, 5.74) is 0.392. The maximum Gasteiger partial charge on any atom is 0.328 e. The Morgan fingerprint density at radius 2 is 1.85 bits per heavy atom. The summed E-state index contributed by atoms with van der Waals surface area (Å²) in [5.74, 6) is -1.43. The van der Waals surface area contributed by atoms with E-state index in [0.717, 1.165) is 5.56 Å². The fourth-order valence-corrected chi connectivity index (χ4v) is 1.53. The summed E-state index contributed by atoms with van der Waals surface area (Å²) >= 11 is 0. The zero-order valence-electron chi connectivity index (χ0n) is 12.1. The zero-order valence-corrected chi connectivity index (χ0v) is 12.1. The molecule has 0 spiro atoms. The molecule has 0 heterocycles. The molecule has 1 atom stereocenters. The number of carboxylic acid groups (broad SMARTS) is 1. The number of hydrogen-bond acceptors (Lipinski definition) is 3. The van der Waals surface area contributed by atoms with Gasteiger partial charge in [-0.05, 0) is 26.3 Å². The lowest BCUT2D eigenvalue weighted by molar-refractivity contribution is -0.145. The molecule has 5 nitrogen and oxygen atoms in total. The van der Waals surface area contributed by atoms with Crippen LogP contribution in [0.1, 0.15) is 26.3 Å². The molecule has 2 N–H and O–H groups in total. The van der Waals surface area contributed by atoms with Gasteiger partial charge >= 0.3 is 5.97 Å². The van der Waals surface area contributed by atoms with Gasteiger partial charge in [-0.25, -0.2) is 4.79 Å². The lowest BCUT2D eigenvalue weighted by Gasteiger charge is -2.23. The van der Waals surface area contributed by atoms with Gasteiger partial charge in [0.1, 0.15) is 0 Å². The van der Waals surface area contributed by atoms with Gasteiger partial charge in [0, 0.05) is 0 Å². The summed E-state index contributed by atoms with van der Waals surface area (Å²) in [6.45, 7) is 5.44. The molecule has 0 bridgehead atoms. The van der Waals surface area contributed by atoms with E-state index in [1.807, 2.05) is 51.1 Å². The van der Waals surface area contributed by atoms with Crippen LogP contribution in [0.5, 0.6) is 0 Å². The molecule has 1 aromatic carbocycles. The summed E-state index contributed by atoms with van der Waals surface area (Å²) in [4.78, 5) is 22.9. The molecule has 5 heteroatoms. The normalized spacial score (nSPS) is 12.8. The van der Waals surface area contributed by atoms with Crippen molar-refractivity contribution in [3.8, 4) is 0 Å². The third-order valence-electron chi connectivity index (χ3n) is 2.52. The number of carbonyl (C=O) groups is 2. The predicted octanol–water partition coefficient (Wildman–Crippen LogP) is 1.61. The second-order valence-electron chi connectivity index (χ2n) is 5.54. The van der Waals surface area contributed by atoms with Gasteiger partial charge in [-0.15, -0.1) is 0 Å². The number of carbonyl (C=O) groups excluding carboxylic acids is 1. The number of ether oxygens (including phenoxy) is 1. The fourth-order valence-electron chi connectivity index (χ4n) is 1.53. The van der Waals surface area contributed by atoms with E-state index in [-0.39, 0.29) is 18.9 Å². The van der Waals surface area contributed by atoms with E-state index in [1.165, 1.54) is 0 Å². The van der Waals surface area contributed by atoms with E-state index < -0.39 is 17.6 Å². The summed E-state index contributed by atoms with van der Waals surface area (Å²) < 4.78 is 5.41. The largest absolute Gasteiger partial charge is 0.480 e. The molecule has 1 aromatic rings. The Bertz CT molecular complexity index is 451.